The van der Waals surface area contributed by atoms with Crippen molar-refractivity contribution in [2.24, 2.45) is 0 Å². The number of hydrogen-bond acceptors (Lipinski definition) is 5. The summed E-state index contributed by atoms with van der Waals surface area (Å²) in [6.45, 7) is 1.01. The Bertz CT molecular complexity index is 799. The van der Waals surface area contributed by atoms with Gasteiger partial charge in [-0.25, -0.2) is 17.6 Å². The summed E-state index contributed by atoms with van der Waals surface area (Å²) in [4.78, 5) is 12.0. The lowest BCUT2D eigenvalue weighted by molar-refractivity contribution is -0.0641. The minimum absolute atomic E-state index is 0.0582. The van der Waals surface area contributed by atoms with Crippen LogP contribution in [0.4, 0.5) is 9.18 Å². The van der Waals surface area contributed by atoms with Gasteiger partial charge in [0.1, 0.15) is 16.5 Å². The molecule has 3 rings (SSSR count). The number of carbonyl (C=O) groups is 1. The summed E-state index contributed by atoms with van der Waals surface area (Å²) in [7, 11) is -3.60. The first-order valence-electron chi connectivity index (χ1n) is 9.52. The molecule has 1 heterocycles. The summed E-state index contributed by atoms with van der Waals surface area (Å²) >= 11 is 0. The van der Waals surface area contributed by atoms with Gasteiger partial charge in [0.25, 0.3) is 0 Å². The normalized spacial score (nSPS) is 24.1. The first-order valence-corrected chi connectivity index (χ1v) is 11.4. The predicted molar refractivity (Wildman–Crippen MR) is 99.9 cm³/mol. The van der Waals surface area contributed by atoms with E-state index in [2.05, 4.69) is 0 Å². The van der Waals surface area contributed by atoms with Gasteiger partial charge in [0.15, 0.2) is 9.84 Å². The zero-order chi connectivity index (χ0) is 20.3. The number of benzene rings is 1. The predicted octanol–water partition coefficient (Wildman–Crippen LogP) is 3.08. The van der Waals surface area contributed by atoms with Gasteiger partial charge < -0.3 is 19.5 Å². The quantitative estimate of drug-likeness (QED) is 0.794. The van der Waals surface area contributed by atoms with Gasteiger partial charge >= 0.3 is 6.09 Å². The molecule has 28 heavy (non-hydrogen) atoms. The van der Waals surface area contributed by atoms with E-state index in [1.807, 2.05) is 0 Å². The van der Waals surface area contributed by atoms with Crippen LogP contribution in [-0.2, 0) is 14.6 Å². The summed E-state index contributed by atoms with van der Waals surface area (Å²) in [6.07, 6.45) is 4.89. The Labute approximate surface area is 164 Å². The summed E-state index contributed by atoms with van der Waals surface area (Å²) < 4.78 is 48.9. The second-order valence-electron chi connectivity index (χ2n) is 7.49. The number of hydrogen-bond donors (Lipinski definition) is 1. The highest BCUT2D eigenvalue weighted by Gasteiger charge is 2.28. The fourth-order valence-corrected chi connectivity index (χ4v) is 4.52. The van der Waals surface area contributed by atoms with Crippen molar-refractivity contribution >= 4 is 15.9 Å². The smallest absolute Gasteiger partial charge is 0.407 e. The maximum Gasteiger partial charge on any atom is 0.407 e. The molecule has 0 atom stereocenters. The lowest BCUT2D eigenvalue weighted by Gasteiger charge is -2.35. The third-order valence-electron chi connectivity index (χ3n) is 5.32. The molecule has 1 aromatic rings. The highest BCUT2D eigenvalue weighted by atomic mass is 32.2. The first kappa shape index (κ1) is 20.9. The minimum atomic E-state index is -3.60. The van der Waals surface area contributed by atoms with E-state index < -0.39 is 21.7 Å². The molecule has 1 amide bonds. The van der Waals surface area contributed by atoms with Crippen LogP contribution in [0.25, 0.3) is 0 Å². The fraction of sp³-hybridized carbons (Fsp3) is 0.632. The largest absolute Gasteiger partial charge is 0.490 e. The molecule has 1 saturated heterocycles. The molecular weight excluding hydrogens is 389 g/mol. The van der Waals surface area contributed by atoms with Gasteiger partial charge in [-0.2, -0.15) is 0 Å². The molecule has 0 bridgehead atoms. The van der Waals surface area contributed by atoms with Gasteiger partial charge in [-0.1, -0.05) is 0 Å². The van der Waals surface area contributed by atoms with Crippen LogP contribution in [0.5, 0.6) is 5.75 Å². The second-order valence-corrected chi connectivity index (χ2v) is 9.47. The van der Waals surface area contributed by atoms with Crippen LogP contribution in [0.1, 0.15) is 38.5 Å². The first-order chi connectivity index (χ1) is 13.2. The summed E-state index contributed by atoms with van der Waals surface area (Å²) in [5.41, 5.74) is 0. The molecule has 0 radical (unpaired) electrons. The van der Waals surface area contributed by atoms with Crippen molar-refractivity contribution in [2.75, 3.05) is 19.3 Å². The molecular formula is C19H26FNO6S. The van der Waals surface area contributed by atoms with E-state index in [-0.39, 0.29) is 23.2 Å². The zero-order valence-electron chi connectivity index (χ0n) is 15.8. The number of likely N-dealkylation sites (tertiary alicyclic amines) is 1. The highest BCUT2D eigenvalue weighted by Crippen LogP contribution is 2.29. The molecule has 1 aliphatic heterocycles. The Kier molecular flexibility index (Phi) is 6.44. The third-order valence-corrected chi connectivity index (χ3v) is 6.45. The van der Waals surface area contributed by atoms with Gasteiger partial charge in [-0.05, 0) is 50.7 Å². The van der Waals surface area contributed by atoms with Gasteiger partial charge in [0.05, 0.1) is 18.3 Å². The highest BCUT2D eigenvalue weighted by molar-refractivity contribution is 7.90. The van der Waals surface area contributed by atoms with Crippen LogP contribution in [-0.4, -0.2) is 62.2 Å². The maximum atomic E-state index is 14.0. The number of nitrogens with zero attached hydrogens (tertiary/aromatic N) is 1. The number of amides is 1. The van der Waals surface area contributed by atoms with E-state index in [0.29, 0.717) is 31.7 Å². The van der Waals surface area contributed by atoms with Gasteiger partial charge in [-0.15, -0.1) is 0 Å². The Morgan fingerprint density at radius 3 is 2.18 bits per heavy atom. The van der Waals surface area contributed by atoms with Gasteiger partial charge in [0.2, 0.25) is 0 Å². The third kappa shape index (κ3) is 5.35. The van der Waals surface area contributed by atoms with E-state index in [4.69, 9.17) is 14.6 Å². The van der Waals surface area contributed by atoms with E-state index in [1.165, 1.54) is 17.0 Å². The summed E-state index contributed by atoms with van der Waals surface area (Å²) in [5.74, 6) is -0.472. The van der Waals surface area contributed by atoms with E-state index in [0.717, 1.165) is 38.0 Å². The van der Waals surface area contributed by atoms with Gasteiger partial charge in [-0.3, -0.25) is 0 Å². The molecule has 1 N–H and O–H groups in total. The Hall–Kier alpha value is -1.87. The second kappa shape index (κ2) is 8.65. The average Bonchev–Trinajstić information content (AvgIpc) is 2.63. The van der Waals surface area contributed by atoms with Crippen molar-refractivity contribution in [3.05, 3.63) is 24.0 Å². The maximum absolute atomic E-state index is 14.0. The van der Waals surface area contributed by atoms with Crippen molar-refractivity contribution in [3.8, 4) is 5.75 Å². The van der Waals surface area contributed by atoms with Crippen LogP contribution in [0.15, 0.2) is 23.1 Å². The van der Waals surface area contributed by atoms with Crippen LogP contribution in [0, 0.1) is 5.82 Å². The molecule has 0 aromatic heterocycles. The van der Waals surface area contributed by atoms with Crippen molar-refractivity contribution in [2.45, 2.75) is 61.7 Å². The number of halogens is 1. The van der Waals surface area contributed by atoms with E-state index >= 15 is 0 Å². The molecule has 7 nitrogen and oxygen atoms in total. The fourth-order valence-electron chi connectivity index (χ4n) is 3.79. The topological polar surface area (TPSA) is 93.1 Å². The Morgan fingerprint density at radius 2 is 1.64 bits per heavy atom. The van der Waals surface area contributed by atoms with E-state index in [1.54, 1.807) is 0 Å². The molecule has 9 heteroatoms. The zero-order valence-corrected chi connectivity index (χ0v) is 16.7. The van der Waals surface area contributed by atoms with Crippen molar-refractivity contribution in [1.29, 1.82) is 0 Å². The van der Waals surface area contributed by atoms with Crippen molar-refractivity contribution in [1.82, 2.24) is 4.90 Å². The SMILES string of the molecule is CS(=O)(=O)c1ccc(O[C@H]2CC[C@H](OC3CCN(C(=O)O)CC3)CC2)cc1F. The van der Waals surface area contributed by atoms with Crippen molar-refractivity contribution in [3.63, 3.8) is 0 Å². The molecule has 156 valence electrons. The molecule has 1 aromatic carbocycles. The van der Waals surface area contributed by atoms with Crippen LogP contribution < -0.4 is 4.74 Å². The number of piperidine rings is 1. The molecule has 0 unspecified atom stereocenters. The average molecular weight is 415 g/mol. The number of sulfone groups is 1. The lowest BCUT2D eigenvalue weighted by Crippen LogP contribution is -2.41. The molecule has 2 fully saturated rings. The molecule has 1 saturated carbocycles. The number of ether oxygens (including phenoxy) is 2. The number of rotatable bonds is 5. The molecule has 2 aliphatic rings. The summed E-state index contributed by atoms with van der Waals surface area (Å²) in [6, 6.07) is 3.84. The monoisotopic (exact) mass is 415 g/mol. The van der Waals surface area contributed by atoms with Gasteiger partial charge in [0, 0.05) is 25.4 Å². The van der Waals surface area contributed by atoms with Crippen LogP contribution in [0.2, 0.25) is 0 Å². The standard InChI is InChI=1S/C19H26FNO6S/c1-28(24,25)18-7-6-16(12-17(18)20)27-14-4-2-13(3-5-14)26-15-8-10-21(11-9-15)19(22)23/h6-7,12-15H,2-5,8-11H2,1H3,(H,22,23)/t13-,14-. The lowest BCUT2D eigenvalue weighted by atomic mass is 9.94. The van der Waals surface area contributed by atoms with E-state index in [9.17, 15) is 17.6 Å². The Morgan fingerprint density at radius 1 is 1.07 bits per heavy atom. The number of carboxylic acid groups (broad SMARTS) is 1. The molecule has 0 spiro atoms. The minimum Gasteiger partial charge on any atom is -0.490 e. The van der Waals surface area contributed by atoms with Crippen LogP contribution >= 0.6 is 0 Å². The van der Waals surface area contributed by atoms with Crippen molar-refractivity contribution < 1.29 is 32.2 Å². The summed E-state index contributed by atoms with van der Waals surface area (Å²) in [5, 5.41) is 8.99. The van der Waals surface area contributed by atoms with Crippen LogP contribution in [0.3, 0.4) is 0 Å². The Balaban J connectivity index is 1.45. The molecule has 1 aliphatic carbocycles.